The third-order valence-electron chi connectivity index (χ3n) is 2.20. The molecule has 0 unspecified atom stereocenters. The Morgan fingerprint density at radius 3 is 2.53 bits per heavy atom. The molecule has 1 heterocycles. The van der Waals surface area contributed by atoms with Crippen LogP contribution in [-0.2, 0) is 6.54 Å². The minimum atomic E-state index is 0.273. The van der Waals surface area contributed by atoms with E-state index in [0.29, 0.717) is 13.2 Å². The van der Waals surface area contributed by atoms with E-state index in [0.717, 1.165) is 11.5 Å². The number of aromatic nitrogens is 3. The highest BCUT2D eigenvalue weighted by atomic mass is 16.5. The third-order valence-corrected chi connectivity index (χ3v) is 2.20. The summed E-state index contributed by atoms with van der Waals surface area (Å²) in [5, 5.41) is 3.95. The van der Waals surface area contributed by atoms with Crippen LogP contribution in [0.4, 0.5) is 5.95 Å². The molecule has 0 aliphatic rings. The van der Waals surface area contributed by atoms with Gasteiger partial charge in [-0.25, -0.2) is 9.67 Å². The molecule has 90 valence electrons. The van der Waals surface area contributed by atoms with Crippen molar-refractivity contribution in [3.63, 3.8) is 0 Å². The van der Waals surface area contributed by atoms with E-state index in [4.69, 9.17) is 15.2 Å². The molecule has 0 fully saturated rings. The molecule has 1 aromatic heterocycles. The predicted octanol–water partition coefficient (Wildman–Crippen LogP) is 0.948. The molecule has 0 aliphatic carbocycles. The average Bonchev–Trinajstić information content (AvgIpc) is 2.76. The summed E-state index contributed by atoms with van der Waals surface area (Å²) in [6.45, 7) is 1.12. The number of nitrogen functional groups attached to an aromatic ring is 1. The number of methoxy groups -OCH3 is 1. The van der Waals surface area contributed by atoms with Crippen molar-refractivity contribution in [3.05, 3.63) is 30.6 Å². The smallest absolute Gasteiger partial charge is 0.239 e. The molecule has 0 bridgehead atoms. The summed E-state index contributed by atoms with van der Waals surface area (Å²) in [6.07, 6.45) is 1.58. The lowest BCUT2D eigenvalue weighted by molar-refractivity contribution is 0.290. The van der Waals surface area contributed by atoms with Crippen LogP contribution in [0.15, 0.2) is 30.6 Å². The van der Waals surface area contributed by atoms with Gasteiger partial charge in [-0.1, -0.05) is 0 Å². The monoisotopic (exact) mass is 234 g/mol. The van der Waals surface area contributed by atoms with Gasteiger partial charge in [0.05, 0.1) is 13.7 Å². The van der Waals surface area contributed by atoms with E-state index < -0.39 is 0 Å². The highest BCUT2D eigenvalue weighted by molar-refractivity contribution is 5.31. The highest BCUT2D eigenvalue weighted by Crippen LogP contribution is 2.16. The maximum absolute atomic E-state index is 5.53. The molecular weight excluding hydrogens is 220 g/mol. The van der Waals surface area contributed by atoms with Crippen LogP contribution in [0.5, 0.6) is 11.5 Å². The Morgan fingerprint density at radius 2 is 1.94 bits per heavy atom. The highest BCUT2D eigenvalue weighted by Gasteiger charge is 1.98. The number of benzene rings is 1. The molecule has 2 rings (SSSR count). The molecule has 0 atom stereocenters. The van der Waals surface area contributed by atoms with E-state index in [1.807, 2.05) is 24.3 Å². The van der Waals surface area contributed by atoms with Gasteiger partial charge in [-0.2, -0.15) is 0 Å². The number of hydrogen-bond acceptors (Lipinski definition) is 5. The fourth-order valence-corrected chi connectivity index (χ4v) is 1.35. The van der Waals surface area contributed by atoms with Crippen molar-refractivity contribution < 1.29 is 9.47 Å². The molecule has 0 saturated heterocycles. The molecule has 0 saturated carbocycles. The van der Waals surface area contributed by atoms with Crippen molar-refractivity contribution in [1.82, 2.24) is 14.8 Å². The zero-order valence-electron chi connectivity index (χ0n) is 9.54. The number of ether oxygens (including phenoxy) is 2. The first-order valence-electron chi connectivity index (χ1n) is 5.20. The molecule has 1 aromatic carbocycles. The van der Waals surface area contributed by atoms with Gasteiger partial charge in [0, 0.05) is 0 Å². The molecular formula is C11H14N4O2. The molecule has 17 heavy (non-hydrogen) atoms. The van der Waals surface area contributed by atoms with Crippen LogP contribution in [0.25, 0.3) is 0 Å². The second-order valence-electron chi connectivity index (χ2n) is 3.39. The second-order valence-corrected chi connectivity index (χ2v) is 3.39. The second kappa shape index (κ2) is 5.20. The first-order valence-corrected chi connectivity index (χ1v) is 5.20. The Balaban J connectivity index is 1.81. The molecule has 0 radical (unpaired) electrons. The van der Waals surface area contributed by atoms with E-state index in [1.165, 1.54) is 0 Å². The first kappa shape index (κ1) is 11.3. The zero-order chi connectivity index (χ0) is 12.1. The quantitative estimate of drug-likeness (QED) is 0.833. The molecule has 0 spiro atoms. The van der Waals surface area contributed by atoms with Crippen molar-refractivity contribution in [2.24, 2.45) is 0 Å². The van der Waals surface area contributed by atoms with Crippen LogP contribution in [0.3, 0.4) is 0 Å². The van der Waals surface area contributed by atoms with Crippen LogP contribution in [0, 0.1) is 0 Å². The van der Waals surface area contributed by atoms with Gasteiger partial charge in [0.1, 0.15) is 24.4 Å². The van der Waals surface area contributed by atoms with Gasteiger partial charge in [-0.15, -0.1) is 5.10 Å². The summed E-state index contributed by atoms with van der Waals surface area (Å²) in [4.78, 5) is 3.82. The van der Waals surface area contributed by atoms with Gasteiger partial charge < -0.3 is 15.2 Å². The lowest BCUT2D eigenvalue weighted by Crippen LogP contribution is -2.08. The van der Waals surface area contributed by atoms with Gasteiger partial charge in [0.25, 0.3) is 0 Å². The van der Waals surface area contributed by atoms with Crippen LogP contribution in [0.1, 0.15) is 0 Å². The fourth-order valence-electron chi connectivity index (χ4n) is 1.35. The van der Waals surface area contributed by atoms with Gasteiger partial charge in [0.2, 0.25) is 5.95 Å². The molecule has 0 aliphatic heterocycles. The van der Waals surface area contributed by atoms with Gasteiger partial charge in [-0.05, 0) is 24.3 Å². The third kappa shape index (κ3) is 3.10. The lowest BCUT2D eigenvalue weighted by Gasteiger charge is -2.06. The Morgan fingerprint density at radius 1 is 1.24 bits per heavy atom. The van der Waals surface area contributed by atoms with E-state index in [-0.39, 0.29) is 5.95 Å². The maximum atomic E-state index is 5.53. The molecule has 6 heteroatoms. The van der Waals surface area contributed by atoms with E-state index in [2.05, 4.69) is 10.1 Å². The number of nitrogens with zero attached hydrogens (tertiary/aromatic N) is 3. The van der Waals surface area contributed by atoms with E-state index >= 15 is 0 Å². The van der Waals surface area contributed by atoms with Crippen LogP contribution in [0.2, 0.25) is 0 Å². The van der Waals surface area contributed by atoms with Crippen molar-refractivity contribution in [1.29, 1.82) is 0 Å². The SMILES string of the molecule is COc1ccc(OCCn2cnc(N)n2)cc1. The Kier molecular flexibility index (Phi) is 3.44. The summed E-state index contributed by atoms with van der Waals surface area (Å²) in [6, 6.07) is 7.41. The van der Waals surface area contributed by atoms with Crippen molar-refractivity contribution in [3.8, 4) is 11.5 Å². The van der Waals surface area contributed by atoms with Crippen molar-refractivity contribution in [2.75, 3.05) is 19.5 Å². The van der Waals surface area contributed by atoms with Crippen molar-refractivity contribution in [2.45, 2.75) is 6.54 Å². The normalized spacial score (nSPS) is 10.2. The number of anilines is 1. The Bertz CT molecular complexity index is 467. The van der Waals surface area contributed by atoms with Crippen LogP contribution in [-0.4, -0.2) is 28.5 Å². The van der Waals surface area contributed by atoms with Crippen LogP contribution < -0.4 is 15.2 Å². The maximum Gasteiger partial charge on any atom is 0.239 e. The van der Waals surface area contributed by atoms with Gasteiger partial charge in [-0.3, -0.25) is 0 Å². The summed E-state index contributed by atoms with van der Waals surface area (Å²) in [5.41, 5.74) is 5.40. The summed E-state index contributed by atoms with van der Waals surface area (Å²) >= 11 is 0. The molecule has 2 aromatic rings. The summed E-state index contributed by atoms with van der Waals surface area (Å²) in [7, 11) is 1.63. The van der Waals surface area contributed by atoms with E-state index in [1.54, 1.807) is 18.1 Å². The molecule has 0 amide bonds. The Hall–Kier alpha value is -2.24. The summed E-state index contributed by atoms with van der Waals surface area (Å²) in [5.74, 6) is 1.87. The predicted molar refractivity (Wildman–Crippen MR) is 62.9 cm³/mol. The minimum absolute atomic E-state index is 0.273. The first-order chi connectivity index (χ1) is 8.28. The zero-order valence-corrected chi connectivity index (χ0v) is 9.54. The molecule has 6 nitrogen and oxygen atoms in total. The minimum Gasteiger partial charge on any atom is -0.497 e. The summed E-state index contributed by atoms with van der Waals surface area (Å²) < 4.78 is 12.2. The number of hydrogen-bond donors (Lipinski definition) is 1. The van der Waals surface area contributed by atoms with Gasteiger partial charge in [0.15, 0.2) is 0 Å². The van der Waals surface area contributed by atoms with E-state index in [9.17, 15) is 0 Å². The number of nitrogens with two attached hydrogens (primary N) is 1. The largest absolute Gasteiger partial charge is 0.497 e. The lowest BCUT2D eigenvalue weighted by atomic mass is 10.3. The molecule has 2 N–H and O–H groups in total. The van der Waals surface area contributed by atoms with Gasteiger partial charge >= 0.3 is 0 Å². The number of rotatable bonds is 5. The van der Waals surface area contributed by atoms with Crippen LogP contribution >= 0.6 is 0 Å². The van der Waals surface area contributed by atoms with Crippen molar-refractivity contribution >= 4 is 5.95 Å². The topological polar surface area (TPSA) is 75.2 Å². The Labute approximate surface area is 99.0 Å². The fraction of sp³-hybridized carbons (Fsp3) is 0.273. The standard InChI is InChI=1S/C11H14N4O2/c1-16-9-2-4-10(5-3-9)17-7-6-15-8-13-11(12)14-15/h2-5,8H,6-7H2,1H3,(H2,12,14). The average molecular weight is 234 g/mol.